The fourth-order valence-electron chi connectivity index (χ4n) is 1.99. The zero-order valence-electron chi connectivity index (χ0n) is 10.6. The highest BCUT2D eigenvalue weighted by molar-refractivity contribution is 9.10. The van der Waals surface area contributed by atoms with Crippen LogP contribution in [0.25, 0.3) is 0 Å². The van der Waals surface area contributed by atoms with Crippen molar-refractivity contribution in [2.45, 2.75) is 12.5 Å². The van der Waals surface area contributed by atoms with E-state index < -0.39 is 23.5 Å². The minimum atomic E-state index is -1.00. The number of nitrogens with one attached hydrogen (secondary N) is 1. The molecule has 1 atom stereocenters. The lowest BCUT2D eigenvalue weighted by atomic mass is 9.99. The topological polar surface area (TPSA) is 38.0 Å². The Morgan fingerprint density at radius 2 is 1.90 bits per heavy atom. The molecular weight excluding hydrogens is 369 g/mol. The van der Waals surface area contributed by atoms with Crippen molar-refractivity contribution >= 4 is 27.5 Å². The molecule has 0 aliphatic carbocycles. The SMILES string of the molecule is NNC(Cc1cc(F)ccc1Cl)c1ccc(F)c(F)c1Br. The fourth-order valence-corrected chi connectivity index (χ4v) is 2.78. The van der Waals surface area contributed by atoms with Crippen molar-refractivity contribution in [2.24, 2.45) is 5.84 Å². The Balaban J connectivity index is 2.37. The molecule has 2 nitrogen and oxygen atoms in total. The van der Waals surface area contributed by atoms with Crippen molar-refractivity contribution in [2.75, 3.05) is 0 Å². The third kappa shape index (κ3) is 3.58. The molecule has 0 saturated carbocycles. The van der Waals surface area contributed by atoms with Gasteiger partial charge in [-0.1, -0.05) is 17.7 Å². The molecule has 0 amide bonds. The molecule has 112 valence electrons. The number of nitrogens with two attached hydrogens (primary N) is 1. The molecule has 0 bridgehead atoms. The van der Waals surface area contributed by atoms with E-state index in [0.717, 1.165) is 6.07 Å². The van der Waals surface area contributed by atoms with Crippen molar-refractivity contribution in [3.8, 4) is 0 Å². The maximum atomic E-state index is 13.6. The molecule has 0 saturated heterocycles. The summed E-state index contributed by atoms with van der Waals surface area (Å²) in [6.45, 7) is 0. The second-order valence-electron chi connectivity index (χ2n) is 4.42. The van der Waals surface area contributed by atoms with Gasteiger partial charge in [0.1, 0.15) is 5.82 Å². The van der Waals surface area contributed by atoms with Gasteiger partial charge in [-0.05, 0) is 57.7 Å². The summed E-state index contributed by atoms with van der Waals surface area (Å²) in [5.74, 6) is 3.07. The van der Waals surface area contributed by atoms with Crippen molar-refractivity contribution in [1.29, 1.82) is 0 Å². The molecule has 3 N–H and O–H groups in total. The maximum Gasteiger partial charge on any atom is 0.173 e. The summed E-state index contributed by atoms with van der Waals surface area (Å²) >= 11 is 9.00. The molecular formula is C14H11BrClF3N2. The third-order valence-corrected chi connectivity index (χ3v) is 4.25. The van der Waals surface area contributed by atoms with E-state index >= 15 is 0 Å². The van der Waals surface area contributed by atoms with Crippen LogP contribution in [-0.4, -0.2) is 0 Å². The molecule has 0 aliphatic rings. The minimum Gasteiger partial charge on any atom is -0.271 e. The van der Waals surface area contributed by atoms with Gasteiger partial charge in [-0.3, -0.25) is 11.3 Å². The highest BCUT2D eigenvalue weighted by atomic mass is 79.9. The van der Waals surface area contributed by atoms with E-state index in [0.29, 0.717) is 16.1 Å². The van der Waals surface area contributed by atoms with Crippen LogP contribution in [0.3, 0.4) is 0 Å². The Morgan fingerprint density at radius 1 is 1.19 bits per heavy atom. The van der Waals surface area contributed by atoms with Gasteiger partial charge in [-0.15, -0.1) is 0 Å². The summed E-state index contributed by atoms with van der Waals surface area (Å²) in [4.78, 5) is 0. The normalized spacial score (nSPS) is 12.5. The molecule has 0 aliphatic heterocycles. The summed E-state index contributed by atoms with van der Waals surface area (Å²) in [6, 6.07) is 5.80. The van der Waals surface area contributed by atoms with Gasteiger partial charge in [0.2, 0.25) is 0 Å². The number of benzene rings is 2. The minimum absolute atomic E-state index is 0.0297. The van der Waals surface area contributed by atoms with Gasteiger partial charge in [-0.2, -0.15) is 0 Å². The average molecular weight is 380 g/mol. The number of hydrogen-bond donors (Lipinski definition) is 2. The zero-order chi connectivity index (χ0) is 15.6. The number of halogens is 5. The van der Waals surface area contributed by atoms with E-state index in [9.17, 15) is 13.2 Å². The first kappa shape index (κ1) is 16.3. The first-order valence-electron chi connectivity index (χ1n) is 5.97. The van der Waals surface area contributed by atoms with E-state index in [1.54, 1.807) is 0 Å². The first-order chi connectivity index (χ1) is 9.93. The molecule has 2 rings (SSSR count). The van der Waals surface area contributed by atoms with Crippen LogP contribution in [0.15, 0.2) is 34.8 Å². The highest BCUT2D eigenvalue weighted by Crippen LogP contribution is 2.31. The molecule has 21 heavy (non-hydrogen) atoms. The van der Waals surface area contributed by atoms with Crippen LogP contribution >= 0.6 is 27.5 Å². The highest BCUT2D eigenvalue weighted by Gasteiger charge is 2.19. The molecule has 0 spiro atoms. The lowest BCUT2D eigenvalue weighted by molar-refractivity contribution is 0.491. The largest absolute Gasteiger partial charge is 0.271 e. The monoisotopic (exact) mass is 378 g/mol. The van der Waals surface area contributed by atoms with Crippen LogP contribution in [0.1, 0.15) is 17.2 Å². The first-order valence-corrected chi connectivity index (χ1v) is 7.14. The summed E-state index contributed by atoms with van der Waals surface area (Å²) in [7, 11) is 0. The Hall–Kier alpha value is -1.08. The quantitative estimate of drug-likeness (QED) is 0.473. The molecule has 1 unspecified atom stereocenters. The van der Waals surface area contributed by atoms with Crippen LogP contribution < -0.4 is 11.3 Å². The van der Waals surface area contributed by atoms with Crippen LogP contribution in [0.5, 0.6) is 0 Å². The smallest absolute Gasteiger partial charge is 0.173 e. The molecule has 2 aromatic carbocycles. The lowest BCUT2D eigenvalue weighted by Crippen LogP contribution is -2.30. The van der Waals surface area contributed by atoms with Crippen LogP contribution in [0, 0.1) is 17.5 Å². The van der Waals surface area contributed by atoms with Crippen LogP contribution in [0.4, 0.5) is 13.2 Å². The molecule has 0 aromatic heterocycles. The summed E-state index contributed by atoms with van der Waals surface area (Å²) in [6.07, 6.45) is 0.219. The van der Waals surface area contributed by atoms with Crippen molar-refractivity contribution < 1.29 is 13.2 Å². The van der Waals surface area contributed by atoms with Gasteiger partial charge >= 0.3 is 0 Å². The van der Waals surface area contributed by atoms with E-state index in [1.165, 1.54) is 24.3 Å². The van der Waals surface area contributed by atoms with Gasteiger partial charge in [-0.25, -0.2) is 13.2 Å². The molecule has 0 radical (unpaired) electrons. The Kier molecular flexibility index (Phi) is 5.27. The third-order valence-electron chi connectivity index (χ3n) is 3.07. The second-order valence-corrected chi connectivity index (χ2v) is 5.62. The van der Waals surface area contributed by atoms with E-state index in [-0.39, 0.29) is 10.9 Å². The Labute approximate surface area is 133 Å². The van der Waals surface area contributed by atoms with Crippen molar-refractivity contribution in [1.82, 2.24) is 5.43 Å². The zero-order valence-corrected chi connectivity index (χ0v) is 13.0. The van der Waals surface area contributed by atoms with Crippen LogP contribution in [-0.2, 0) is 6.42 Å². The number of hydrazine groups is 1. The van der Waals surface area contributed by atoms with Crippen molar-refractivity contribution in [3.63, 3.8) is 0 Å². The number of hydrogen-bond acceptors (Lipinski definition) is 2. The average Bonchev–Trinajstić information content (AvgIpc) is 2.46. The molecule has 0 fully saturated rings. The Morgan fingerprint density at radius 3 is 2.57 bits per heavy atom. The second kappa shape index (κ2) is 6.79. The van der Waals surface area contributed by atoms with Crippen LogP contribution in [0.2, 0.25) is 5.02 Å². The predicted molar refractivity (Wildman–Crippen MR) is 79.2 cm³/mol. The van der Waals surface area contributed by atoms with E-state index in [4.69, 9.17) is 17.4 Å². The molecule has 0 heterocycles. The van der Waals surface area contributed by atoms with E-state index in [2.05, 4.69) is 21.4 Å². The van der Waals surface area contributed by atoms with Gasteiger partial charge in [0.25, 0.3) is 0 Å². The lowest BCUT2D eigenvalue weighted by Gasteiger charge is -2.19. The maximum absolute atomic E-state index is 13.6. The van der Waals surface area contributed by atoms with Crippen molar-refractivity contribution in [3.05, 3.63) is 68.4 Å². The Bertz CT molecular complexity index is 667. The molecule has 2 aromatic rings. The van der Waals surface area contributed by atoms with E-state index in [1.807, 2.05) is 0 Å². The summed E-state index contributed by atoms with van der Waals surface area (Å²) < 4.78 is 40.0. The summed E-state index contributed by atoms with van der Waals surface area (Å²) in [5.41, 5.74) is 3.42. The van der Waals surface area contributed by atoms with Gasteiger partial charge in [0.05, 0.1) is 10.5 Å². The van der Waals surface area contributed by atoms with Gasteiger partial charge in [0.15, 0.2) is 11.6 Å². The fraction of sp³-hybridized carbons (Fsp3) is 0.143. The van der Waals surface area contributed by atoms with Gasteiger partial charge < -0.3 is 0 Å². The predicted octanol–water partition coefficient (Wildman–Crippen LogP) is 4.27. The summed E-state index contributed by atoms with van der Waals surface area (Å²) in [5, 5.41) is 0.371. The standard InChI is InChI=1S/C14H11BrClF3N2/c15-13-9(2-4-11(18)14(13)19)12(21-20)6-7-5-8(17)1-3-10(7)16/h1-5,12,21H,6,20H2. The van der Waals surface area contributed by atoms with Gasteiger partial charge in [0, 0.05) is 5.02 Å². The number of rotatable bonds is 4. The molecule has 7 heteroatoms.